The van der Waals surface area contributed by atoms with Gasteiger partial charge in [-0.05, 0) is 23.8 Å². The van der Waals surface area contributed by atoms with Gasteiger partial charge in [-0.3, -0.25) is 10.1 Å². The number of carbonyl (C=O) groups excluding carboxylic acids is 1. The zero-order valence-corrected chi connectivity index (χ0v) is 10.5. The minimum Gasteiger partial charge on any atom is -0.478 e. The molecule has 1 aromatic carbocycles. The Balaban J connectivity index is 2.24. The molecular formula is C13H9FN4O3. The van der Waals surface area contributed by atoms with Crippen LogP contribution in [0.1, 0.15) is 15.9 Å². The van der Waals surface area contributed by atoms with Crippen molar-refractivity contribution in [2.75, 3.05) is 5.32 Å². The highest BCUT2D eigenvalue weighted by atomic mass is 19.1. The lowest BCUT2D eigenvalue weighted by atomic mass is 10.1. The van der Waals surface area contributed by atoms with Gasteiger partial charge in [0.1, 0.15) is 5.82 Å². The standard InChI is InChI=1S/C13H9FN4O3/c14-10-3-1-8(2-4-11(19)20)7-9(10)12(21)17-13-15-5-6-16-18-13/h1-7H,(H,19,20)(H,15,17,18,21)/b4-2+. The topological polar surface area (TPSA) is 105 Å². The zero-order valence-electron chi connectivity index (χ0n) is 10.5. The molecule has 106 valence electrons. The number of nitrogens with one attached hydrogen (secondary N) is 1. The molecule has 0 aliphatic carbocycles. The van der Waals surface area contributed by atoms with E-state index in [1.165, 1.54) is 30.6 Å². The lowest BCUT2D eigenvalue weighted by Crippen LogP contribution is -2.16. The van der Waals surface area contributed by atoms with Crippen LogP contribution >= 0.6 is 0 Å². The molecule has 2 aromatic rings. The van der Waals surface area contributed by atoms with E-state index in [2.05, 4.69) is 20.5 Å². The molecule has 0 bridgehead atoms. The molecule has 2 N–H and O–H groups in total. The zero-order chi connectivity index (χ0) is 15.2. The molecule has 1 aromatic heterocycles. The summed E-state index contributed by atoms with van der Waals surface area (Å²) in [4.78, 5) is 26.1. The van der Waals surface area contributed by atoms with Gasteiger partial charge >= 0.3 is 5.97 Å². The van der Waals surface area contributed by atoms with Gasteiger partial charge in [-0.15, -0.1) is 5.10 Å². The van der Waals surface area contributed by atoms with Crippen LogP contribution in [0, 0.1) is 5.82 Å². The van der Waals surface area contributed by atoms with E-state index in [1.54, 1.807) is 0 Å². The Morgan fingerprint density at radius 2 is 2.10 bits per heavy atom. The Labute approximate surface area is 118 Å². The molecule has 0 saturated carbocycles. The second kappa shape index (κ2) is 6.33. The SMILES string of the molecule is O=C(O)/C=C/c1ccc(F)c(C(=O)Nc2nccnn2)c1. The van der Waals surface area contributed by atoms with Crippen LogP contribution in [-0.4, -0.2) is 32.2 Å². The van der Waals surface area contributed by atoms with Gasteiger partial charge in [-0.1, -0.05) is 6.07 Å². The van der Waals surface area contributed by atoms with Crippen molar-refractivity contribution >= 4 is 23.9 Å². The van der Waals surface area contributed by atoms with Crippen LogP contribution in [0.25, 0.3) is 6.08 Å². The lowest BCUT2D eigenvalue weighted by molar-refractivity contribution is -0.131. The number of hydrogen-bond acceptors (Lipinski definition) is 5. The number of carbonyl (C=O) groups is 2. The Morgan fingerprint density at radius 1 is 1.29 bits per heavy atom. The van der Waals surface area contributed by atoms with Crippen LogP contribution in [0.3, 0.4) is 0 Å². The number of hydrogen-bond donors (Lipinski definition) is 2. The van der Waals surface area contributed by atoms with Crippen molar-refractivity contribution in [1.82, 2.24) is 15.2 Å². The molecule has 21 heavy (non-hydrogen) atoms. The molecule has 0 aliphatic heterocycles. The molecular weight excluding hydrogens is 279 g/mol. The number of aliphatic carboxylic acids is 1. The number of carboxylic acids is 1. The summed E-state index contributed by atoms with van der Waals surface area (Å²) in [5.74, 6) is -2.71. The van der Waals surface area contributed by atoms with Crippen LogP contribution in [0.4, 0.5) is 10.3 Å². The van der Waals surface area contributed by atoms with Crippen LogP contribution in [-0.2, 0) is 4.79 Å². The van der Waals surface area contributed by atoms with E-state index in [9.17, 15) is 14.0 Å². The van der Waals surface area contributed by atoms with Crippen molar-refractivity contribution in [2.24, 2.45) is 0 Å². The monoisotopic (exact) mass is 288 g/mol. The summed E-state index contributed by atoms with van der Waals surface area (Å²) in [5, 5.41) is 17.9. The first-order valence-corrected chi connectivity index (χ1v) is 5.72. The van der Waals surface area contributed by atoms with Gasteiger partial charge < -0.3 is 5.11 Å². The van der Waals surface area contributed by atoms with Gasteiger partial charge in [-0.25, -0.2) is 14.2 Å². The third kappa shape index (κ3) is 3.90. The summed E-state index contributed by atoms with van der Waals surface area (Å²) in [5.41, 5.74) is 0.117. The van der Waals surface area contributed by atoms with Crippen molar-refractivity contribution in [2.45, 2.75) is 0 Å². The molecule has 0 saturated heterocycles. The quantitative estimate of drug-likeness (QED) is 0.823. The summed E-state index contributed by atoms with van der Waals surface area (Å²) in [6, 6.07) is 3.65. The van der Waals surface area contributed by atoms with Gasteiger partial charge in [0.25, 0.3) is 5.91 Å². The molecule has 0 atom stereocenters. The fraction of sp³-hybridized carbons (Fsp3) is 0. The highest BCUT2D eigenvalue weighted by Crippen LogP contribution is 2.13. The normalized spacial score (nSPS) is 10.5. The van der Waals surface area contributed by atoms with Crippen molar-refractivity contribution in [1.29, 1.82) is 0 Å². The van der Waals surface area contributed by atoms with E-state index < -0.39 is 17.7 Å². The summed E-state index contributed by atoms with van der Waals surface area (Å²) in [7, 11) is 0. The molecule has 0 unspecified atom stereocenters. The second-order valence-corrected chi connectivity index (χ2v) is 3.83. The van der Waals surface area contributed by atoms with E-state index in [-0.39, 0.29) is 11.5 Å². The number of halogens is 1. The lowest BCUT2D eigenvalue weighted by Gasteiger charge is -2.05. The number of nitrogens with zero attached hydrogens (tertiary/aromatic N) is 3. The van der Waals surface area contributed by atoms with Crippen LogP contribution < -0.4 is 5.32 Å². The molecule has 0 spiro atoms. The van der Waals surface area contributed by atoms with Crippen molar-refractivity contribution in [3.05, 3.63) is 53.6 Å². The minimum atomic E-state index is -1.14. The maximum atomic E-state index is 13.7. The predicted molar refractivity (Wildman–Crippen MR) is 70.9 cm³/mol. The highest BCUT2D eigenvalue weighted by molar-refractivity contribution is 6.03. The summed E-state index contributed by atoms with van der Waals surface area (Å²) < 4.78 is 13.7. The predicted octanol–water partition coefficient (Wildman–Crippen LogP) is 1.36. The third-order valence-corrected chi connectivity index (χ3v) is 2.36. The Hall–Kier alpha value is -3.16. The fourth-order valence-electron chi connectivity index (χ4n) is 1.46. The maximum Gasteiger partial charge on any atom is 0.328 e. The molecule has 1 heterocycles. The van der Waals surface area contributed by atoms with Gasteiger partial charge in [0.05, 0.1) is 18.0 Å². The van der Waals surface area contributed by atoms with Crippen LogP contribution in [0.15, 0.2) is 36.7 Å². The van der Waals surface area contributed by atoms with Gasteiger partial charge in [0.2, 0.25) is 5.95 Å². The molecule has 1 amide bonds. The number of rotatable bonds is 4. The van der Waals surface area contributed by atoms with Crippen LogP contribution in [0.5, 0.6) is 0 Å². The molecule has 0 radical (unpaired) electrons. The number of aromatic nitrogens is 3. The average molecular weight is 288 g/mol. The summed E-state index contributed by atoms with van der Waals surface area (Å²) in [6.07, 6.45) is 4.79. The number of carboxylic acid groups (broad SMARTS) is 1. The van der Waals surface area contributed by atoms with Crippen molar-refractivity contribution < 1.29 is 19.1 Å². The minimum absolute atomic E-state index is 0.0617. The summed E-state index contributed by atoms with van der Waals surface area (Å²) >= 11 is 0. The Kier molecular flexibility index (Phi) is 4.30. The molecule has 8 heteroatoms. The average Bonchev–Trinajstić information content (AvgIpc) is 2.47. The third-order valence-electron chi connectivity index (χ3n) is 2.36. The van der Waals surface area contributed by atoms with E-state index >= 15 is 0 Å². The first kappa shape index (κ1) is 14.3. The number of anilines is 1. The Bertz CT molecular complexity index is 704. The molecule has 7 nitrogen and oxygen atoms in total. The van der Waals surface area contributed by atoms with E-state index in [4.69, 9.17) is 5.11 Å². The second-order valence-electron chi connectivity index (χ2n) is 3.83. The van der Waals surface area contributed by atoms with Gasteiger partial charge in [0, 0.05) is 6.08 Å². The highest BCUT2D eigenvalue weighted by Gasteiger charge is 2.13. The first-order chi connectivity index (χ1) is 10.1. The molecule has 2 rings (SSSR count). The molecule has 0 aliphatic rings. The largest absolute Gasteiger partial charge is 0.478 e. The van der Waals surface area contributed by atoms with Crippen molar-refractivity contribution in [3.63, 3.8) is 0 Å². The fourth-order valence-corrected chi connectivity index (χ4v) is 1.46. The van der Waals surface area contributed by atoms with E-state index in [0.29, 0.717) is 5.56 Å². The molecule has 0 fully saturated rings. The van der Waals surface area contributed by atoms with Gasteiger partial charge in [0.15, 0.2) is 0 Å². The van der Waals surface area contributed by atoms with Crippen molar-refractivity contribution in [3.8, 4) is 0 Å². The number of benzene rings is 1. The maximum absolute atomic E-state index is 13.7. The smallest absolute Gasteiger partial charge is 0.328 e. The summed E-state index contributed by atoms with van der Waals surface area (Å²) in [6.45, 7) is 0. The number of amides is 1. The Morgan fingerprint density at radius 3 is 2.76 bits per heavy atom. The van der Waals surface area contributed by atoms with Crippen LogP contribution in [0.2, 0.25) is 0 Å². The first-order valence-electron chi connectivity index (χ1n) is 5.72. The van der Waals surface area contributed by atoms with E-state index in [1.807, 2.05) is 0 Å². The van der Waals surface area contributed by atoms with Gasteiger partial charge in [-0.2, -0.15) is 5.10 Å². The van der Waals surface area contributed by atoms with E-state index in [0.717, 1.165) is 12.1 Å².